The van der Waals surface area contributed by atoms with Crippen LogP contribution in [0.4, 0.5) is 0 Å². The number of hydrogen-bond acceptors (Lipinski definition) is 2. The summed E-state index contributed by atoms with van der Waals surface area (Å²) in [6, 6.07) is 17.8. The molecular weight excluding hydrogens is 322 g/mol. The third-order valence-corrected chi connectivity index (χ3v) is 4.79. The Bertz CT molecular complexity index is 914. The average molecular weight is 340 g/mol. The second-order valence-electron chi connectivity index (χ2n) is 6.11. The van der Waals surface area contributed by atoms with Crippen molar-refractivity contribution in [3.05, 3.63) is 86.8 Å². The predicted octanol–water partition coefficient (Wildman–Crippen LogP) is 3.38. The maximum absolute atomic E-state index is 12.7. The van der Waals surface area contributed by atoms with Gasteiger partial charge < -0.3 is 0 Å². The molecule has 2 heterocycles. The zero-order valence-electron chi connectivity index (χ0n) is 13.2. The molecule has 0 radical (unpaired) electrons. The van der Waals surface area contributed by atoms with Crippen LogP contribution in [0.5, 0.6) is 0 Å². The Balaban J connectivity index is 1.62. The number of rotatable bonds is 3. The number of fused-ring (bicyclic) bond motifs is 1. The van der Waals surface area contributed by atoms with E-state index in [4.69, 9.17) is 11.6 Å². The molecule has 3 aromatic rings. The molecule has 24 heavy (non-hydrogen) atoms. The van der Waals surface area contributed by atoms with Crippen LogP contribution in [0, 0.1) is 0 Å². The Morgan fingerprint density at radius 3 is 2.58 bits per heavy atom. The van der Waals surface area contributed by atoms with Gasteiger partial charge >= 0.3 is 0 Å². The van der Waals surface area contributed by atoms with Gasteiger partial charge in [0.15, 0.2) is 0 Å². The van der Waals surface area contributed by atoms with Gasteiger partial charge in [-0.05, 0) is 24.1 Å². The van der Waals surface area contributed by atoms with Gasteiger partial charge in [0.2, 0.25) is 0 Å². The van der Waals surface area contributed by atoms with E-state index in [0.717, 1.165) is 37.3 Å². The average Bonchev–Trinajstić information content (AvgIpc) is 2.92. The summed E-state index contributed by atoms with van der Waals surface area (Å²) in [5, 5.41) is 3.82. The SMILES string of the molecule is O=c1c2c([nH]n1-c1ccccc1Cl)CN(Cc1ccccc1)CC2. The Kier molecular flexibility index (Phi) is 4.00. The standard InChI is InChI=1S/C19H18ClN3O/c20-16-8-4-5-9-18(16)23-19(24)15-10-11-22(13-17(15)21-23)12-14-6-2-1-3-7-14/h1-9,21H,10-13H2. The Morgan fingerprint density at radius 1 is 1.04 bits per heavy atom. The minimum absolute atomic E-state index is 0.0115. The van der Waals surface area contributed by atoms with Gasteiger partial charge in [-0.1, -0.05) is 54.1 Å². The second kappa shape index (κ2) is 6.30. The van der Waals surface area contributed by atoms with E-state index in [1.165, 1.54) is 5.56 Å². The van der Waals surface area contributed by atoms with Gasteiger partial charge in [0.25, 0.3) is 5.56 Å². The van der Waals surface area contributed by atoms with Crippen LogP contribution < -0.4 is 5.56 Å². The van der Waals surface area contributed by atoms with Crippen LogP contribution in [0.2, 0.25) is 5.02 Å². The summed E-state index contributed by atoms with van der Waals surface area (Å²) in [5.41, 5.74) is 3.86. The van der Waals surface area contributed by atoms with E-state index in [9.17, 15) is 4.79 Å². The molecule has 5 heteroatoms. The molecule has 0 aliphatic carbocycles. The molecule has 0 saturated carbocycles. The van der Waals surface area contributed by atoms with E-state index in [-0.39, 0.29) is 5.56 Å². The second-order valence-corrected chi connectivity index (χ2v) is 6.51. The first-order chi connectivity index (χ1) is 11.7. The highest BCUT2D eigenvalue weighted by Crippen LogP contribution is 2.21. The third kappa shape index (κ3) is 2.79. The van der Waals surface area contributed by atoms with Crippen molar-refractivity contribution in [3.8, 4) is 5.69 Å². The first kappa shape index (κ1) is 15.2. The largest absolute Gasteiger partial charge is 0.293 e. The van der Waals surface area contributed by atoms with Crippen molar-refractivity contribution in [2.45, 2.75) is 19.5 Å². The van der Waals surface area contributed by atoms with Gasteiger partial charge in [-0.2, -0.15) is 0 Å². The molecule has 1 aliphatic heterocycles. The Labute approximate surface area is 145 Å². The highest BCUT2D eigenvalue weighted by atomic mass is 35.5. The number of aromatic amines is 1. The minimum atomic E-state index is 0.0115. The highest BCUT2D eigenvalue weighted by Gasteiger charge is 2.23. The molecule has 0 bridgehead atoms. The van der Waals surface area contributed by atoms with E-state index in [0.29, 0.717) is 10.7 Å². The molecular formula is C19H18ClN3O. The van der Waals surface area contributed by atoms with Crippen LogP contribution in [-0.4, -0.2) is 21.2 Å². The summed E-state index contributed by atoms with van der Waals surface area (Å²) < 4.78 is 1.57. The summed E-state index contributed by atoms with van der Waals surface area (Å²) in [6.45, 7) is 2.52. The minimum Gasteiger partial charge on any atom is -0.293 e. The zero-order chi connectivity index (χ0) is 16.5. The van der Waals surface area contributed by atoms with Crippen LogP contribution >= 0.6 is 11.6 Å². The monoisotopic (exact) mass is 339 g/mol. The molecule has 4 rings (SSSR count). The zero-order valence-corrected chi connectivity index (χ0v) is 14.0. The van der Waals surface area contributed by atoms with Crippen molar-refractivity contribution < 1.29 is 0 Å². The summed E-state index contributed by atoms with van der Waals surface area (Å²) in [6.07, 6.45) is 0.759. The van der Waals surface area contributed by atoms with Crippen LogP contribution in [0.15, 0.2) is 59.4 Å². The van der Waals surface area contributed by atoms with Gasteiger partial charge in [-0.15, -0.1) is 0 Å². The molecule has 2 aromatic carbocycles. The molecule has 122 valence electrons. The van der Waals surface area contributed by atoms with Gasteiger partial charge in [0.05, 0.1) is 16.4 Å². The fourth-order valence-corrected chi connectivity index (χ4v) is 3.48. The lowest BCUT2D eigenvalue weighted by Crippen LogP contribution is -2.31. The van der Waals surface area contributed by atoms with Gasteiger partial charge in [-0.3, -0.25) is 14.8 Å². The van der Waals surface area contributed by atoms with Crippen molar-refractivity contribution >= 4 is 11.6 Å². The first-order valence-electron chi connectivity index (χ1n) is 8.06. The van der Waals surface area contributed by atoms with Crippen LogP contribution in [0.3, 0.4) is 0 Å². The first-order valence-corrected chi connectivity index (χ1v) is 8.44. The molecule has 0 unspecified atom stereocenters. The molecule has 0 amide bonds. The molecule has 4 nitrogen and oxygen atoms in total. The maximum atomic E-state index is 12.7. The third-order valence-electron chi connectivity index (χ3n) is 4.47. The topological polar surface area (TPSA) is 41.0 Å². The number of hydrogen-bond donors (Lipinski definition) is 1. The number of halogens is 1. The molecule has 1 aromatic heterocycles. The number of nitrogens with zero attached hydrogens (tertiary/aromatic N) is 2. The molecule has 1 aliphatic rings. The molecule has 0 fully saturated rings. The van der Waals surface area contributed by atoms with E-state index < -0.39 is 0 Å². The van der Waals surface area contributed by atoms with Gasteiger partial charge in [0, 0.05) is 25.2 Å². The van der Waals surface area contributed by atoms with Crippen LogP contribution in [-0.2, 0) is 19.5 Å². The smallest absolute Gasteiger partial charge is 0.274 e. The van der Waals surface area contributed by atoms with Crippen LogP contribution in [0.25, 0.3) is 5.69 Å². The molecule has 0 spiro atoms. The number of para-hydroxylation sites is 1. The summed E-state index contributed by atoms with van der Waals surface area (Å²) in [4.78, 5) is 15.0. The lowest BCUT2D eigenvalue weighted by molar-refractivity contribution is 0.242. The lowest BCUT2D eigenvalue weighted by Gasteiger charge is -2.25. The van der Waals surface area contributed by atoms with Crippen molar-refractivity contribution in [1.29, 1.82) is 0 Å². The van der Waals surface area contributed by atoms with Crippen molar-refractivity contribution in [3.63, 3.8) is 0 Å². The Morgan fingerprint density at radius 2 is 1.79 bits per heavy atom. The molecule has 0 atom stereocenters. The van der Waals surface area contributed by atoms with Crippen LogP contribution in [0.1, 0.15) is 16.8 Å². The number of H-pyrrole nitrogens is 1. The quantitative estimate of drug-likeness (QED) is 0.794. The van der Waals surface area contributed by atoms with E-state index >= 15 is 0 Å². The lowest BCUT2D eigenvalue weighted by atomic mass is 10.1. The fourth-order valence-electron chi connectivity index (χ4n) is 3.26. The number of benzene rings is 2. The maximum Gasteiger partial charge on any atom is 0.274 e. The molecule has 0 saturated heterocycles. The normalized spacial score (nSPS) is 14.5. The van der Waals surface area contributed by atoms with Gasteiger partial charge in [0.1, 0.15) is 0 Å². The Hall–Kier alpha value is -2.30. The van der Waals surface area contributed by atoms with E-state index in [1.54, 1.807) is 10.7 Å². The van der Waals surface area contributed by atoms with Crippen molar-refractivity contribution in [1.82, 2.24) is 14.7 Å². The highest BCUT2D eigenvalue weighted by molar-refractivity contribution is 6.32. The van der Waals surface area contributed by atoms with Crippen molar-refractivity contribution in [2.75, 3.05) is 6.54 Å². The van der Waals surface area contributed by atoms with E-state index in [1.807, 2.05) is 24.3 Å². The summed E-state index contributed by atoms with van der Waals surface area (Å²) >= 11 is 6.24. The fraction of sp³-hybridized carbons (Fsp3) is 0.211. The predicted molar refractivity (Wildman–Crippen MR) is 95.7 cm³/mol. The molecule has 1 N–H and O–H groups in total. The van der Waals surface area contributed by atoms with Gasteiger partial charge in [-0.25, -0.2) is 4.68 Å². The number of aromatic nitrogens is 2. The van der Waals surface area contributed by atoms with E-state index in [2.05, 4.69) is 34.3 Å². The summed E-state index contributed by atoms with van der Waals surface area (Å²) in [5.74, 6) is 0. The number of nitrogens with one attached hydrogen (secondary N) is 1. The summed E-state index contributed by atoms with van der Waals surface area (Å²) in [7, 11) is 0. The van der Waals surface area contributed by atoms with Crippen molar-refractivity contribution in [2.24, 2.45) is 0 Å².